The van der Waals surface area contributed by atoms with Gasteiger partial charge < -0.3 is 0 Å². The summed E-state index contributed by atoms with van der Waals surface area (Å²) in [5.74, 6) is 0. The van der Waals surface area contributed by atoms with Crippen LogP contribution in [0.2, 0.25) is 0 Å². The van der Waals surface area contributed by atoms with E-state index in [1.54, 1.807) is 0 Å². The molecule has 0 heterocycles. The third-order valence-electron chi connectivity index (χ3n) is 2.93. The van der Waals surface area contributed by atoms with Crippen LogP contribution in [0.15, 0.2) is 29.9 Å². The molecular weight excluding hydrogens is 204 g/mol. The van der Waals surface area contributed by atoms with Crippen molar-refractivity contribution in [2.75, 3.05) is 0 Å². The zero-order valence-electron chi connectivity index (χ0n) is 12.4. The number of hydrogen-bond donors (Lipinski definition) is 0. The van der Waals surface area contributed by atoms with Crippen molar-refractivity contribution >= 4 is 6.08 Å². The topological polar surface area (TPSA) is 0 Å². The van der Waals surface area contributed by atoms with E-state index in [1.807, 2.05) is 20.8 Å². The zero-order valence-corrected chi connectivity index (χ0v) is 12.4. The van der Waals surface area contributed by atoms with Crippen LogP contribution in [0.5, 0.6) is 0 Å². The molecule has 0 nitrogen and oxygen atoms in total. The number of benzene rings is 1. The Labute approximate surface area is 107 Å². The third-order valence-corrected chi connectivity index (χ3v) is 2.93. The largest absolute Gasteiger partial charge is 0.0958 e. The lowest BCUT2D eigenvalue weighted by molar-refractivity contribution is 1.28. The lowest BCUT2D eigenvalue weighted by Crippen LogP contribution is -1.88. The van der Waals surface area contributed by atoms with Gasteiger partial charge in [-0.05, 0) is 62.4 Å². The van der Waals surface area contributed by atoms with Crippen molar-refractivity contribution < 1.29 is 0 Å². The van der Waals surface area contributed by atoms with Crippen LogP contribution in [-0.4, -0.2) is 0 Å². The first-order valence-corrected chi connectivity index (χ1v) is 6.34. The number of allylic oxidation sites excluding steroid dienone is 2. The number of hydrogen-bond acceptors (Lipinski definition) is 0. The van der Waals surface area contributed by atoms with Crippen LogP contribution < -0.4 is 0 Å². The lowest BCUT2D eigenvalue weighted by atomic mass is 9.98. The summed E-state index contributed by atoms with van der Waals surface area (Å²) in [6.45, 7) is 18.6. The molecule has 0 saturated heterocycles. The molecule has 94 valence electrons. The summed E-state index contributed by atoms with van der Waals surface area (Å²) in [5.41, 5.74) is 7.73. The van der Waals surface area contributed by atoms with E-state index in [2.05, 4.69) is 52.5 Å². The Balaban J connectivity index is 0.00000121. The summed E-state index contributed by atoms with van der Waals surface area (Å²) >= 11 is 0. The molecule has 0 aliphatic carbocycles. The maximum Gasteiger partial charge on any atom is -0.0222 e. The Morgan fingerprint density at radius 2 is 1.41 bits per heavy atom. The molecule has 1 aromatic rings. The minimum atomic E-state index is 1.13. The summed E-state index contributed by atoms with van der Waals surface area (Å²) < 4.78 is 0. The van der Waals surface area contributed by atoms with Gasteiger partial charge in [-0.3, -0.25) is 0 Å². The molecule has 0 spiro atoms. The van der Waals surface area contributed by atoms with Gasteiger partial charge in [0.15, 0.2) is 0 Å². The molecule has 0 aromatic heterocycles. The van der Waals surface area contributed by atoms with E-state index >= 15 is 0 Å². The van der Waals surface area contributed by atoms with E-state index in [9.17, 15) is 0 Å². The standard InChI is InChI=1S/C15H20.C2H6/c1-10(2)11(3)8-15-9-13(5)12(4)7-14(15)6;1-2/h7-9H,1H2,2-6H3;1-2H3/b11-8+;. The maximum absolute atomic E-state index is 3.95. The molecule has 1 aromatic carbocycles. The third kappa shape index (κ3) is 4.60. The molecule has 0 aliphatic rings. The van der Waals surface area contributed by atoms with Crippen molar-refractivity contribution in [2.45, 2.75) is 48.5 Å². The molecular formula is C17H26. The molecule has 0 saturated carbocycles. The van der Waals surface area contributed by atoms with Crippen LogP contribution in [0.1, 0.15) is 49.9 Å². The van der Waals surface area contributed by atoms with Crippen LogP contribution in [0.25, 0.3) is 6.08 Å². The van der Waals surface area contributed by atoms with Crippen LogP contribution >= 0.6 is 0 Å². The summed E-state index contributed by atoms with van der Waals surface area (Å²) in [4.78, 5) is 0. The fraction of sp³-hybridized carbons (Fsp3) is 0.412. The van der Waals surface area contributed by atoms with E-state index < -0.39 is 0 Å². The first-order valence-electron chi connectivity index (χ1n) is 6.34. The summed E-state index contributed by atoms with van der Waals surface area (Å²) in [6.07, 6.45) is 2.21. The first-order chi connectivity index (χ1) is 7.91. The highest BCUT2D eigenvalue weighted by Gasteiger charge is 2.00. The SMILES string of the molecule is C=C(C)/C(C)=C/c1cc(C)c(C)cc1C.CC. The van der Waals surface area contributed by atoms with E-state index in [1.165, 1.54) is 27.8 Å². The van der Waals surface area contributed by atoms with Gasteiger partial charge in [0, 0.05) is 0 Å². The fourth-order valence-corrected chi connectivity index (χ4v) is 1.49. The van der Waals surface area contributed by atoms with Crippen molar-refractivity contribution in [1.82, 2.24) is 0 Å². The molecule has 1 rings (SSSR count). The second kappa shape index (κ2) is 7.11. The van der Waals surface area contributed by atoms with E-state index in [0.717, 1.165) is 5.57 Å². The molecule has 0 N–H and O–H groups in total. The van der Waals surface area contributed by atoms with Crippen molar-refractivity contribution in [1.29, 1.82) is 0 Å². The van der Waals surface area contributed by atoms with Crippen molar-refractivity contribution in [2.24, 2.45) is 0 Å². The van der Waals surface area contributed by atoms with Crippen LogP contribution in [-0.2, 0) is 0 Å². The van der Waals surface area contributed by atoms with Crippen molar-refractivity contribution in [3.05, 3.63) is 52.1 Å². The van der Waals surface area contributed by atoms with Gasteiger partial charge in [-0.2, -0.15) is 0 Å². The van der Waals surface area contributed by atoms with Crippen molar-refractivity contribution in [3.63, 3.8) is 0 Å². The smallest absolute Gasteiger partial charge is 0.0222 e. The van der Waals surface area contributed by atoms with E-state index in [0.29, 0.717) is 0 Å². The van der Waals surface area contributed by atoms with E-state index in [-0.39, 0.29) is 0 Å². The minimum Gasteiger partial charge on any atom is -0.0958 e. The van der Waals surface area contributed by atoms with Gasteiger partial charge in [-0.25, -0.2) is 0 Å². The molecule has 17 heavy (non-hydrogen) atoms. The number of aryl methyl sites for hydroxylation is 3. The predicted molar refractivity (Wildman–Crippen MR) is 80.5 cm³/mol. The quantitative estimate of drug-likeness (QED) is 0.579. The first kappa shape index (κ1) is 15.7. The lowest BCUT2D eigenvalue weighted by Gasteiger charge is -2.07. The highest BCUT2D eigenvalue weighted by atomic mass is 14.1. The molecule has 0 heteroatoms. The molecule has 0 radical (unpaired) electrons. The molecule has 0 amide bonds. The Morgan fingerprint density at radius 1 is 0.941 bits per heavy atom. The van der Waals surface area contributed by atoms with Crippen LogP contribution in [0, 0.1) is 20.8 Å². The Kier molecular flexibility index (Phi) is 6.57. The van der Waals surface area contributed by atoms with Gasteiger partial charge in [0.2, 0.25) is 0 Å². The Morgan fingerprint density at radius 3 is 1.88 bits per heavy atom. The van der Waals surface area contributed by atoms with Gasteiger partial charge in [0.1, 0.15) is 0 Å². The van der Waals surface area contributed by atoms with Gasteiger partial charge in [-0.15, -0.1) is 0 Å². The molecule has 0 aliphatic heterocycles. The van der Waals surface area contributed by atoms with E-state index in [4.69, 9.17) is 0 Å². The molecule has 0 unspecified atom stereocenters. The highest BCUT2D eigenvalue weighted by Crippen LogP contribution is 2.19. The molecule has 0 bridgehead atoms. The normalized spacial score (nSPS) is 10.6. The van der Waals surface area contributed by atoms with Gasteiger partial charge in [0.05, 0.1) is 0 Å². The monoisotopic (exact) mass is 230 g/mol. The van der Waals surface area contributed by atoms with Gasteiger partial charge >= 0.3 is 0 Å². The predicted octanol–water partition coefficient (Wildman–Crippen LogP) is 5.62. The second-order valence-corrected chi connectivity index (χ2v) is 4.40. The summed E-state index contributed by atoms with van der Waals surface area (Å²) in [7, 11) is 0. The molecule has 0 fully saturated rings. The maximum atomic E-state index is 3.95. The zero-order chi connectivity index (χ0) is 13.6. The average Bonchev–Trinajstić information content (AvgIpc) is 2.28. The van der Waals surface area contributed by atoms with Crippen LogP contribution in [0.4, 0.5) is 0 Å². The summed E-state index contributed by atoms with van der Waals surface area (Å²) in [5, 5.41) is 0. The molecule has 0 atom stereocenters. The Bertz CT molecular complexity index is 420. The minimum absolute atomic E-state index is 1.13. The summed E-state index contributed by atoms with van der Waals surface area (Å²) in [6, 6.07) is 4.49. The van der Waals surface area contributed by atoms with Crippen LogP contribution in [0.3, 0.4) is 0 Å². The van der Waals surface area contributed by atoms with Gasteiger partial charge in [-0.1, -0.05) is 44.2 Å². The second-order valence-electron chi connectivity index (χ2n) is 4.40. The van der Waals surface area contributed by atoms with Gasteiger partial charge in [0.25, 0.3) is 0 Å². The number of rotatable bonds is 2. The highest BCUT2D eigenvalue weighted by molar-refractivity contribution is 5.61. The Hall–Kier alpha value is -1.30. The fourth-order valence-electron chi connectivity index (χ4n) is 1.49. The average molecular weight is 230 g/mol. The van der Waals surface area contributed by atoms with Crippen molar-refractivity contribution in [3.8, 4) is 0 Å².